The van der Waals surface area contributed by atoms with Crippen molar-refractivity contribution in [3.05, 3.63) is 40.6 Å². The standard InChI is InChI=1S/C13H19N3S2/c1-16-8-7-15-13(16)12(11-5-3-10-18-11)14-6-4-9-17-2/h3,5,7-8,10,12,14H,4,6,9H2,1-2H3. The molecule has 1 atom stereocenters. The number of hydrogen-bond acceptors (Lipinski definition) is 4. The van der Waals surface area contributed by atoms with Gasteiger partial charge in [-0.05, 0) is 36.4 Å². The zero-order valence-corrected chi connectivity index (χ0v) is 12.4. The Morgan fingerprint density at radius 1 is 1.56 bits per heavy atom. The molecule has 0 fully saturated rings. The second-order valence-corrected chi connectivity index (χ2v) is 6.11. The molecule has 2 heterocycles. The number of hydrogen-bond donors (Lipinski definition) is 1. The first-order chi connectivity index (χ1) is 8.83. The molecule has 3 nitrogen and oxygen atoms in total. The minimum absolute atomic E-state index is 0.215. The summed E-state index contributed by atoms with van der Waals surface area (Å²) < 4.78 is 2.09. The Morgan fingerprint density at radius 3 is 3.06 bits per heavy atom. The number of nitrogens with one attached hydrogen (secondary N) is 1. The van der Waals surface area contributed by atoms with Crippen molar-refractivity contribution in [3.63, 3.8) is 0 Å². The first-order valence-electron chi connectivity index (χ1n) is 6.06. The van der Waals surface area contributed by atoms with Crippen LogP contribution in [0.1, 0.15) is 23.2 Å². The van der Waals surface area contributed by atoms with E-state index in [1.807, 2.05) is 31.2 Å². The van der Waals surface area contributed by atoms with Crippen LogP contribution in [0.4, 0.5) is 0 Å². The lowest BCUT2D eigenvalue weighted by molar-refractivity contribution is 0.564. The van der Waals surface area contributed by atoms with E-state index in [0.717, 1.165) is 12.4 Å². The van der Waals surface area contributed by atoms with Crippen LogP contribution in [-0.4, -0.2) is 28.1 Å². The molecule has 2 rings (SSSR count). The molecule has 0 aliphatic carbocycles. The fraction of sp³-hybridized carbons (Fsp3) is 0.462. The lowest BCUT2D eigenvalue weighted by Crippen LogP contribution is -2.25. The minimum Gasteiger partial charge on any atom is -0.336 e. The lowest BCUT2D eigenvalue weighted by atomic mass is 10.2. The SMILES string of the molecule is CSCCCNC(c1cccs1)c1nccn1C. The molecule has 1 unspecified atom stereocenters. The number of rotatable bonds is 7. The summed E-state index contributed by atoms with van der Waals surface area (Å²) in [6, 6.07) is 4.48. The van der Waals surface area contributed by atoms with Crippen molar-refractivity contribution in [3.8, 4) is 0 Å². The maximum absolute atomic E-state index is 4.47. The quantitative estimate of drug-likeness (QED) is 0.791. The molecule has 0 aromatic carbocycles. The van der Waals surface area contributed by atoms with Gasteiger partial charge >= 0.3 is 0 Å². The molecule has 0 bridgehead atoms. The van der Waals surface area contributed by atoms with E-state index in [1.54, 1.807) is 11.3 Å². The average molecular weight is 281 g/mol. The highest BCUT2D eigenvalue weighted by molar-refractivity contribution is 7.98. The Bertz CT molecular complexity index is 451. The third kappa shape index (κ3) is 3.37. The molecular weight excluding hydrogens is 262 g/mol. The van der Waals surface area contributed by atoms with Crippen LogP contribution in [0.3, 0.4) is 0 Å². The van der Waals surface area contributed by atoms with Gasteiger partial charge in [0.15, 0.2) is 0 Å². The number of thiophene rings is 1. The molecule has 18 heavy (non-hydrogen) atoms. The third-order valence-corrected chi connectivity index (χ3v) is 4.45. The summed E-state index contributed by atoms with van der Waals surface area (Å²) in [5, 5.41) is 5.73. The van der Waals surface area contributed by atoms with Crippen LogP contribution in [-0.2, 0) is 7.05 Å². The Hall–Kier alpha value is -0.780. The van der Waals surface area contributed by atoms with Gasteiger partial charge in [0.1, 0.15) is 11.9 Å². The molecule has 0 spiro atoms. The Labute approximate surface area is 117 Å². The van der Waals surface area contributed by atoms with E-state index in [9.17, 15) is 0 Å². The van der Waals surface area contributed by atoms with Crippen molar-refractivity contribution in [2.75, 3.05) is 18.6 Å². The monoisotopic (exact) mass is 281 g/mol. The normalized spacial score (nSPS) is 12.8. The minimum atomic E-state index is 0.215. The van der Waals surface area contributed by atoms with E-state index in [1.165, 1.54) is 17.1 Å². The maximum atomic E-state index is 4.47. The van der Waals surface area contributed by atoms with Crippen molar-refractivity contribution >= 4 is 23.1 Å². The number of nitrogens with zero attached hydrogens (tertiary/aromatic N) is 2. The van der Waals surface area contributed by atoms with Crippen molar-refractivity contribution in [2.45, 2.75) is 12.5 Å². The number of thioether (sulfide) groups is 1. The highest BCUT2D eigenvalue weighted by atomic mass is 32.2. The van der Waals surface area contributed by atoms with E-state index in [2.05, 4.69) is 38.6 Å². The largest absolute Gasteiger partial charge is 0.336 e. The summed E-state index contributed by atoms with van der Waals surface area (Å²) in [6.07, 6.45) is 7.20. The van der Waals surface area contributed by atoms with Gasteiger partial charge in [-0.25, -0.2) is 4.98 Å². The molecule has 0 saturated carbocycles. The highest BCUT2D eigenvalue weighted by Crippen LogP contribution is 2.24. The fourth-order valence-corrected chi connectivity index (χ4v) is 3.12. The van der Waals surface area contributed by atoms with Crippen molar-refractivity contribution in [1.82, 2.24) is 14.9 Å². The van der Waals surface area contributed by atoms with Gasteiger partial charge in [0.05, 0.1) is 0 Å². The predicted molar refractivity (Wildman–Crippen MR) is 80.4 cm³/mol. The second kappa shape index (κ2) is 6.97. The van der Waals surface area contributed by atoms with Crippen LogP contribution >= 0.6 is 23.1 Å². The molecule has 0 amide bonds. The number of aromatic nitrogens is 2. The van der Waals surface area contributed by atoms with Crippen LogP contribution in [0, 0.1) is 0 Å². The molecule has 0 saturated heterocycles. The van der Waals surface area contributed by atoms with Gasteiger partial charge in [0.25, 0.3) is 0 Å². The van der Waals surface area contributed by atoms with Crippen LogP contribution in [0.15, 0.2) is 29.9 Å². The van der Waals surface area contributed by atoms with Crippen LogP contribution in [0.5, 0.6) is 0 Å². The summed E-state index contributed by atoms with van der Waals surface area (Å²) in [5.41, 5.74) is 0. The molecule has 2 aromatic rings. The van der Waals surface area contributed by atoms with Crippen LogP contribution in [0.25, 0.3) is 0 Å². The molecule has 0 aliphatic heterocycles. The Kier molecular flexibility index (Phi) is 5.28. The average Bonchev–Trinajstić information content (AvgIpc) is 3.01. The Balaban J connectivity index is 2.07. The van der Waals surface area contributed by atoms with Gasteiger partial charge in [-0.2, -0.15) is 11.8 Å². The van der Waals surface area contributed by atoms with E-state index < -0.39 is 0 Å². The summed E-state index contributed by atoms with van der Waals surface area (Å²) in [4.78, 5) is 5.80. The topological polar surface area (TPSA) is 29.9 Å². The summed E-state index contributed by atoms with van der Waals surface area (Å²) in [7, 11) is 2.05. The zero-order valence-electron chi connectivity index (χ0n) is 10.8. The summed E-state index contributed by atoms with van der Waals surface area (Å²) in [5.74, 6) is 2.28. The van der Waals surface area contributed by atoms with Gasteiger partial charge in [0.2, 0.25) is 0 Å². The molecule has 0 radical (unpaired) electrons. The molecule has 0 aliphatic rings. The van der Waals surface area contributed by atoms with Crippen molar-refractivity contribution in [1.29, 1.82) is 0 Å². The highest BCUT2D eigenvalue weighted by Gasteiger charge is 2.18. The van der Waals surface area contributed by atoms with Crippen molar-refractivity contribution < 1.29 is 0 Å². The van der Waals surface area contributed by atoms with Gasteiger partial charge in [0, 0.05) is 24.3 Å². The van der Waals surface area contributed by atoms with Crippen LogP contribution < -0.4 is 5.32 Å². The maximum Gasteiger partial charge on any atom is 0.131 e. The summed E-state index contributed by atoms with van der Waals surface area (Å²) in [6.45, 7) is 1.02. The summed E-state index contributed by atoms with van der Waals surface area (Å²) >= 11 is 3.67. The second-order valence-electron chi connectivity index (χ2n) is 4.15. The van der Waals surface area contributed by atoms with E-state index >= 15 is 0 Å². The zero-order chi connectivity index (χ0) is 12.8. The number of aryl methyl sites for hydroxylation is 1. The Morgan fingerprint density at radius 2 is 2.44 bits per heavy atom. The van der Waals surface area contributed by atoms with Crippen LogP contribution in [0.2, 0.25) is 0 Å². The van der Waals surface area contributed by atoms with Gasteiger partial charge in [-0.15, -0.1) is 11.3 Å². The molecule has 2 aromatic heterocycles. The third-order valence-electron chi connectivity index (χ3n) is 2.82. The number of imidazole rings is 1. The van der Waals surface area contributed by atoms with Gasteiger partial charge in [-0.3, -0.25) is 0 Å². The molecule has 1 N–H and O–H groups in total. The molecule has 5 heteroatoms. The predicted octanol–water partition coefficient (Wildman–Crippen LogP) is 2.91. The van der Waals surface area contributed by atoms with Gasteiger partial charge in [-0.1, -0.05) is 6.07 Å². The van der Waals surface area contributed by atoms with E-state index in [-0.39, 0.29) is 6.04 Å². The van der Waals surface area contributed by atoms with E-state index in [4.69, 9.17) is 0 Å². The van der Waals surface area contributed by atoms with Gasteiger partial charge < -0.3 is 9.88 Å². The fourth-order valence-electron chi connectivity index (χ4n) is 1.89. The first kappa shape index (κ1) is 13.6. The lowest BCUT2D eigenvalue weighted by Gasteiger charge is -2.17. The van der Waals surface area contributed by atoms with Crippen molar-refractivity contribution in [2.24, 2.45) is 7.05 Å². The first-order valence-corrected chi connectivity index (χ1v) is 8.33. The molecular formula is C13H19N3S2. The molecule has 98 valence electrons. The van der Waals surface area contributed by atoms with E-state index in [0.29, 0.717) is 0 Å². The smallest absolute Gasteiger partial charge is 0.131 e.